The van der Waals surface area contributed by atoms with E-state index in [1.54, 1.807) is 0 Å². The number of H-pyrrole nitrogens is 1. The van der Waals surface area contributed by atoms with Gasteiger partial charge in [0, 0.05) is 30.1 Å². The van der Waals surface area contributed by atoms with Gasteiger partial charge in [0.15, 0.2) is 0 Å². The molecule has 0 fully saturated rings. The van der Waals surface area contributed by atoms with Gasteiger partial charge in [-0.15, -0.1) is 11.6 Å². The predicted octanol–water partition coefficient (Wildman–Crippen LogP) is 1.27. The van der Waals surface area contributed by atoms with Gasteiger partial charge < -0.3 is 5.32 Å². The molecule has 2 N–H and O–H groups in total. The molecule has 1 aromatic rings. The molecule has 0 aliphatic rings. The van der Waals surface area contributed by atoms with Crippen LogP contribution in [0.4, 0.5) is 0 Å². The normalized spacial score (nSPS) is 10.2. The Bertz CT molecular complexity index is 302. The van der Waals surface area contributed by atoms with Gasteiger partial charge >= 0.3 is 0 Å². The highest BCUT2D eigenvalue weighted by atomic mass is 35.5. The molecule has 0 atom stereocenters. The summed E-state index contributed by atoms with van der Waals surface area (Å²) in [4.78, 5) is 11.1. The van der Waals surface area contributed by atoms with Crippen molar-refractivity contribution < 1.29 is 4.79 Å². The number of nitrogens with zero attached hydrogens (tertiary/aromatic N) is 1. The van der Waals surface area contributed by atoms with E-state index in [0.717, 1.165) is 17.0 Å². The Morgan fingerprint density at radius 2 is 2.29 bits per heavy atom. The number of halogens is 1. The van der Waals surface area contributed by atoms with Crippen LogP contribution in [0.25, 0.3) is 0 Å². The van der Waals surface area contributed by atoms with Gasteiger partial charge in [0.05, 0.1) is 5.69 Å². The van der Waals surface area contributed by atoms with E-state index in [0.29, 0.717) is 18.8 Å². The predicted molar refractivity (Wildman–Crippen MR) is 55.2 cm³/mol. The summed E-state index contributed by atoms with van der Waals surface area (Å²) in [6.45, 7) is 4.36. The Labute approximate surface area is 88.0 Å². The molecule has 1 amide bonds. The molecule has 0 aliphatic carbocycles. The summed E-state index contributed by atoms with van der Waals surface area (Å²) < 4.78 is 0. The lowest BCUT2D eigenvalue weighted by molar-refractivity contribution is -0.120. The Morgan fingerprint density at radius 3 is 2.79 bits per heavy atom. The number of rotatable bonds is 4. The fourth-order valence-electron chi connectivity index (χ4n) is 1.20. The van der Waals surface area contributed by atoms with Gasteiger partial charge in [0.2, 0.25) is 5.91 Å². The number of alkyl halides is 1. The third-order valence-electron chi connectivity index (χ3n) is 2.06. The van der Waals surface area contributed by atoms with E-state index in [1.807, 2.05) is 13.8 Å². The number of aromatic nitrogens is 2. The van der Waals surface area contributed by atoms with Crippen LogP contribution >= 0.6 is 11.6 Å². The number of aryl methyl sites for hydroxylation is 2. The van der Waals surface area contributed by atoms with Crippen molar-refractivity contribution in [3.05, 3.63) is 17.0 Å². The Hall–Kier alpha value is -1.03. The zero-order chi connectivity index (χ0) is 10.6. The quantitative estimate of drug-likeness (QED) is 0.744. The molecule has 0 bridgehead atoms. The molecule has 14 heavy (non-hydrogen) atoms. The molecule has 0 saturated carbocycles. The van der Waals surface area contributed by atoms with Crippen molar-refractivity contribution in [1.29, 1.82) is 0 Å². The molecule has 0 unspecified atom stereocenters. The second-order valence-corrected chi connectivity index (χ2v) is 3.51. The van der Waals surface area contributed by atoms with E-state index in [9.17, 15) is 4.79 Å². The average Bonchev–Trinajstić information content (AvgIpc) is 2.44. The minimum absolute atomic E-state index is 0.0278. The van der Waals surface area contributed by atoms with Gasteiger partial charge in [-0.3, -0.25) is 9.89 Å². The van der Waals surface area contributed by atoms with E-state index in [2.05, 4.69) is 15.5 Å². The van der Waals surface area contributed by atoms with Crippen LogP contribution in [-0.2, 0) is 11.3 Å². The first-order valence-electron chi connectivity index (χ1n) is 4.48. The van der Waals surface area contributed by atoms with E-state index < -0.39 is 0 Å². The lowest BCUT2D eigenvalue weighted by Crippen LogP contribution is -2.23. The van der Waals surface area contributed by atoms with Crippen molar-refractivity contribution >= 4 is 17.5 Å². The van der Waals surface area contributed by atoms with Gasteiger partial charge in [-0.25, -0.2) is 0 Å². The smallest absolute Gasteiger partial charge is 0.221 e. The first-order valence-corrected chi connectivity index (χ1v) is 5.01. The summed E-state index contributed by atoms with van der Waals surface area (Å²) in [7, 11) is 0. The summed E-state index contributed by atoms with van der Waals surface area (Å²) in [5, 5.41) is 9.69. The van der Waals surface area contributed by atoms with Crippen LogP contribution in [0, 0.1) is 13.8 Å². The first-order chi connectivity index (χ1) is 6.65. The summed E-state index contributed by atoms with van der Waals surface area (Å²) in [5.74, 6) is 0.329. The maximum Gasteiger partial charge on any atom is 0.221 e. The van der Waals surface area contributed by atoms with Gasteiger partial charge in [-0.1, -0.05) is 0 Å². The van der Waals surface area contributed by atoms with Crippen molar-refractivity contribution in [2.75, 3.05) is 5.88 Å². The average molecular weight is 216 g/mol. The molecule has 0 aromatic carbocycles. The zero-order valence-electron chi connectivity index (χ0n) is 8.35. The number of hydrogen-bond acceptors (Lipinski definition) is 2. The number of hydrogen-bond donors (Lipinski definition) is 2. The molecule has 0 spiro atoms. The number of nitrogens with one attached hydrogen (secondary N) is 2. The van der Waals surface area contributed by atoms with Crippen LogP contribution in [0.3, 0.4) is 0 Å². The molecular weight excluding hydrogens is 202 g/mol. The minimum Gasteiger partial charge on any atom is -0.352 e. The number of amides is 1. The van der Waals surface area contributed by atoms with Crippen molar-refractivity contribution in [2.45, 2.75) is 26.8 Å². The van der Waals surface area contributed by atoms with E-state index in [4.69, 9.17) is 11.6 Å². The van der Waals surface area contributed by atoms with Crippen LogP contribution in [0.5, 0.6) is 0 Å². The van der Waals surface area contributed by atoms with Crippen molar-refractivity contribution in [2.24, 2.45) is 0 Å². The molecule has 1 heterocycles. The van der Waals surface area contributed by atoms with E-state index in [1.165, 1.54) is 0 Å². The topological polar surface area (TPSA) is 57.8 Å². The van der Waals surface area contributed by atoms with Crippen LogP contribution < -0.4 is 5.32 Å². The van der Waals surface area contributed by atoms with E-state index in [-0.39, 0.29) is 5.91 Å². The number of carbonyl (C=O) groups is 1. The summed E-state index contributed by atoms with van der Waals surface area (Å²) >= 11 is 5.44. The summed E-state index contributed by atoms with van der Waals surface area (Å²) in [6, 6.07) is 0. The van der Waals surface area contributed by atoms with Crippen molar-refractivity contribution in [1.82, 2.24) is 15.5 Å². The molecule has 0 radical (unpaired) electrons. The lowest BCUT2D eigenvalue weighted by Gasteiger charge is -2.03. The maximum atomic E-state index is 11.1. The second-order valence-electron chi connectivity index (χ2n) is 3.13. The largest absolute Gasteiger partial charge is 0.352 e. The molecule has 1 aromatic heterocycles. The monoisotopic (exact) mass is 215 g/mol. The number of aromatic amines is 1. The Balaban J connectivity index is 2.49. The van der Waals surface area contributed by atoms with Crippen LogP contribution in [0.2, 0.25) is 0 Å². The van der Waals surface area contributed by atoms with Crippen molar-refractivity contribution in [3.63, 3.8) is 0 Å². The van der Waals surface area contributed by atoms with Gasteiger partial charge in [-0.05, 0) is 13.8 Å². The molecule has 1 rings (SSSR count). The third-order valence-corrected chi connectivity index (χ3v) is 2.25. The number of carbonyl (C=O) groups excluding carboxylic acids is 1. The standard InChI is InChI=1S/C9H14ClN3O/c1-6-8(7(2)13-12-6)5-11-9(14)3-4-10/h3-5H2,1-2H3,(H,11,14)(H,12,13). The van der Waals surface area contributed by atoms with Gasteiger partial charge in [-0.2, -0.15) is 5.10 Å². The SMILES string of the molecule is Cc1n[nH]c(C)c1CNC(=O)CCCl. The van der Waals surface area contributed by atoms with Crippen LogP contribution in [0.15, 0.2) is 0 Å². The second kappa shape index (κ2) is 5.00. The zero-order valence-corrected chi connectivity index (χ0v) is 9.11. The molecule has 5 heteroatoms. The van der Waals surface area contributed by atoms with Crippen LogP contribution in [0.1, 0.15) is 23.4 Å². The highest BCUT2D eigenvalue weighted by molar-refractivity contribution is 6.18. The molecule has 0 saturated heterocycles. The molecule has 78 valence electrons. The molecular formula is C9H14ClN3O. The fourth-order valence-corrected chi connectivity index (χ4v) is 1.37. The van der Waals surface area contributed by atoms with Crippen LogP contribution in [-0.4, -0.2) is 22.0 Å². The third kappa shape index (κ3) is 2.73. The lowest BCUT2D eigenvalue weighted by atomic mass is 10.2. The highest BCUT2D eigenvalue weighted by Gasteiger charge is 2.07. The van der Waals surface area contributed by atoms with Gasteiger partial charge in [0.1, 0.15) is 0 Å². The Kier molecular flexibility index (Phi) is 3.95. The fraction of sp³-hybridized carbons (Fsp3) is 0.556. The highest BCUT2D eigenvalue weighted by Crippen LogP contribution is 2.08. The van der Waals surface area contributed by atoms with Crippen molar-refractivity contribution in [3.8, 4) is 0 Å². The molecule has 0 aliphatic heterocycles. The summed E-state index contributed by atoms with van der Waals surface area (Å²) in [6.07, 6.45) is 0.359. The minimum atomic E-state index is -0.0278. The summed E-state index contributed by atoms with van der Waals surface area (Å²) in [5.41, 5.74) is 2.97. The first kappa shape index (κ1) is 11.0. The molecule has 4 nitrogen and oxygen atoms in total. The maximum absolute atomic E-state index is 11.1. The van der Waals surface area contributed by atoms with E-state index >= 15 is 0 Å². The Morgan fingerprint density at radius 1 is 1.57 bits per heavy atom. The van der Waals surface area contributed by atoms with Gasteiger partial charge in [0.25, 0.3) is 0 Å².